The number of amides is 1. The SMILES string of the molecule is C/C=C(\C=C/CC)CNC(=O)c1c(CC)nc2ccc(Cl)cn12. The smallest absolute Gasteiger partial charge is 0.270 e. The Labute approximate surface area is 141 Å². The molecule has 0 atom stereocenters. The number of nitrogens with zero attached hydrogens (tertiary/aromatic N) is 2. The molecule has 0 aliphatic carbocycles. The summed E-state index contributed by atoms with van der Waals surface area (Å²) in [5.41, 5.74) is 3.13. The lowest BCUT2D eigenvalue weighted by molar-refractivity contribution is 0.0950. The molecule has 1 amide bonds. The summed E-state index contributed by atoms with van der Waals surface area (Å²) in [7, 11) is 0. The number of hydrogen-bond donors (Lipinski definition) is 1. The number of carbonyl (C=O) groups excluding carboxylic acids is 1. The first-order valence-electron chi connectivity index (χ1n) is 7.87. The van der Waals surface area contributed by atoms with Crippen LogP contribution in [0.4, 0.5) is 0 Å². The summed E-state index contributed by atoms with van der Waals surface area (Å²) < 4.78 is 1.76. The predicted molar refractivity (Wildman–Crippen MR) is 95.1 cm³/mol. The molecular formula is C18H22ClN3O. The van der Waals surface area contributed by atoms with Crippen molar-refractivity contribution >= 4 is 23.2 Å². The van der Waals surface area contributed by atoms with Gasteiger partial charge in [0.25, 0.3) is 5.91 Å². The van der Waals surface area contributed by atoms with Crippen LogP contribution in [0.15, 0.2) is 42.1 Å². The molecule has 0 spiro atoms. The van der Waals surface area contributed by atoms with Crippen LogP contribution in [0.3, 0.4) is 0 Å². The first-order chi connectivity index (χ1) is 11.1. The van der Waals surface area contributed by atoms with Crippen LogP contribution in [0.2, 0.25) is 5.02 Å². The van der Waals surface area contributed by atoms with E-state index in [0.717, 1.165) is 23.3 Å². The minimum Gasteiger partial charge on any atom is -0.347 e. The molecule has 2 aromatic rings. The number of allylic oxidation sites excluding steroid dienone is 2. The fourth-order valence-corrected chi connectivity index (χ4v) is 2.51. The average molecular weight is 332 g/mol. The van der Waals surface area contributed by atoms with Gasteiger partial charge in [-0.15, -0.1) is 0 Å². The molecule has 0 fully saturated rings. The molecular weight excluding hydrogens is 310 g/mol. The molecule has 4 nitrogen and oxygen atoms in total. The van der Waals surface area contributed by atoms with Gasteiger partial charge in [-0.2, -0.15) is 0 Å². The molecule has 2 aromatic heterocycles. The van der Waals surface area contributed by atoms with Crippen molar-refractivity contribution in [2.24, 2.45) is 0 Å². The summed E-state index contributed by atoms with van der Waals surface area (Å²) in [5.74, 6) is -0.138. The molecule has 0 bridgehead atoms. The van der Waals surface area contributed by atoms with Crippen LogP contribution in [-0.4, -0.2) is 21.8 Å². The van der Waals surface area contributed by atoms with Gasteiger partial charge < -0.3 is 5.32 Å². The standard InChI is InChI=1S/C18H22ClN3O/c1-4-7-8-13(5-2)11-20-18(23)17-15(6-3)21-16-10-9-14(19)12-22(16)17/h5,7-10,12H,4,6,11H2,1-3H3,(H,20,23)/b8-7-,13-5+. The minimum absolute atomic E-state index is 0.138. The van der Waals surface area contributed by atoms with Gasteiger partial charge in [0.1, 0.15) is 11.3 Å². The Morgan fingerprint density at radius 1 is 1.39 bits per heavy atom. The highest BCUT2D eigenvalue weighted by atomic mass is 35.5. The fraction of sp³-hybridized carbons (Fsp3) is 0.333. The molecule has 0 aliphatic heterocycles. The van der Waals surface area contributed by atoms with E-state index >= 15 is 0 Å². The van der Waals surface area contributed by atoms with Gasteiger partial charge in [0.05, 0.1) is 10.7 Å². The molecule has 23 heavy (non-hydrogen) atoms. The van der Waals surface area contributed by atoms with Crippen molar-refractivity contribution in [2.45, 2.75) is 33.6 Å². The number of aryl methyl sites for hydroxylation is 1. The molecule has 0 saturated carbocycles. The maximum absolute atomic E-state index is 12.6. The van der Waals surface area contributed by atoms with Crippen LogP contribution in [-0.2, 0) is 6.42 Å². The van der Waals surface area contributed by atoms with Crippen molar-refractivity contribution in [2.75, 3.05) is 6.54 Å². The van der Waals surface area contributed by atoms with E-state index < -0.39 is 0 Å². The van der Waals surface area contributed by atoms with E-state index in [1.165, 1.54) is 0 Å². The molecule has 5 heteroatoms. The van der Waals surface area contributed by atoms with Gasteiger partial charge in [0.15, 0.2) is 0 Å². The van der Waals surface area contributed by atoms with E-state index in [2.05, 4.69) is 23.3 Å². The fourth-order valence-electron chi connectivity index (χ4n) is 2.35. The Hall–Kier alpha value is -2.07. The van der Waals surface area contributed by atoms with E-state index in [1.54, 1.807) is 16.7 Å². The lowest BCUT2D eigenvalue weighted by Gasteiger charge is -2.07. The van der Waals surface area contributed by atoms with Crippen LogP contribution in [0.1, 0.15) is 43.4 Å². The molecule has 0 radical (unpaired) electrons. The van der Waals surface area contributed by atoms with Gasteiger partial charge in [-0.25, -0.2) is 4.98 Å². The largest absolute Gasteiger partial charge is 0.347 e. The third-order valence-corrected chi connectivity index (χ3v) is 3.82. The lowest BCUT2D eigenvalue weighted by atomic mass is 10.2. The number of fused-ring (bicyclic) bond motifs is 1. The first-order valence-corrected chi connectivity index (χ1v) is 8.24. The quantitative estimate of drug-likeness (QED) is 0.807. The highest BCUT2D eigenvalue weighted by molar-refractivity contribution is 6.30. The molecule has 1 N–H and O–H groups in total. The van der Waals surface area contributed by atoms with E-state index in [-0.39, 0.29) is 5.91 Å². The Morgan fingerprint density at radius 3 is 2.83 bits per heavy atom. The second kappa shape index (κ2) is 7.97. The molecule has 2 rings (SSSR count). The number of rotatable bonds is 6. The normalized spacial score (nSPS) is 12.3. The second-order valence-corrected chi connectivity index (χ2v) is 5.63. The maximum atomic E-state index is 12.6. The summed E-state index contributed by atoms with van der Waals surface area (Å²) >= 11 is 6.06. The minimum atomic E-state index is -0.138. The maximum Gasteiger partial charge on any atom is 0.270 e. The number of nitrogens with one attached hydrogen (secondary N) is 1. The Bertz CT molecular complexity index is 759. The van der Waals surface area contributed by atoms with E-state index in [4.69, 9.17) is 11.6 Å². The molecule has 0 unspecified atom stereocenters. The van der Waals surface area contributed by atoms with Crippen molar-refractivity contribution in [3.63, 3.8) is 0 Å². The van der Waals surface area contributed by atoms with Gasteiger partial charge in [-0.1, -0.05) is 43.7 Å². The summed E-state index contributed by atoms with van der Waals surface area (Å²) in [6, 6.07) is 3.60. The van der Waals surface area contributed by atoms with Crippen LogP contribution < -0.4 is 5.32 Å². The van der Waals surface area contributed by atoms with Crippen molar-refractivity contribution in [1.29, 1.82) is 0 Å². The number of aromatic nitrogens is 2. The number of halogens is 1. The zero-order valence-electron chi connectivity index (χ0n) is 13.8. The monoisotopic (exact) mass is 331 g/mol. The molecule has 122 valence electrons. The van der Waals surface area contributed by atoms with Gasteiger partial charge >= 0.3 is 0 Å². The van der Waals surface area contributed by atoms with Crippen LogP contribution in [0.25, 0.3) is 5.65 Å². The number of imidazole rings is 1. The summed E-state index contributed by atoms with van der Waals surface area (Å²) in [6.45, 7) is 6.52. The zero-order valence-corrected chi connectivity index (χ0v) is 14.5. The third kappa shape index (κ3) is 4.02. The summed E-state index contributed by atoms with van der Waals surface area (Å²) in [4.78, 5) is 17.1. The van der Waals surface area contributed by atoms with Crippen LogP contribution in [0.5, 0.6) is 0 Å². The molecule has 0 aromatic carbocycles. The highest BCUT2D eigenvalue weighted by Crippen LogP contribution is 2.17. The first kappa shape index (κ1) is 17.3. The molecule has 2 heterocycles. The summed E-state index contributed by atoms with van der Waals surface area (Å²) in [6.07, 6.45) is 9.49. The van der Waals surface area contributed by atoms with Crippen molar-refractivity contribution in [3.8, 4) is 0 Å². The highest BCUT2D eigenvalue weighted by Gasteiger charge is 2.18. The van der Waals surface area contributed by atoms with Crippen molar-refractivity contribution in [3.05, 3.63) is 58.5 Å². The van der Waals surface area contributed by atoms with E-state index in [0.29, 0.717) is 23.7 Å². The van der Waals surface area contributed by atoms with E-state index in [9.17, 15) is 4.79 Å². The Balaban J connectivity index is 2.26. The van der Waals surface area contributed by atoms with Crippen molar-refractivity contribution < 1.29 is 4.79 Å². The number of carbonyl (C=O) groups is 1. The number of hydrogen-bond acceptors (Lipinski definition) is 2. The van der Waals surface area contributed by atoms with Crippen molar-refractivity contribution in [1.82, 2.24) is 14.7 Å². The Kier molecular flexibility index (Phi) is 5.99. The van der Waals surface area contributed by atoms with E-state index in [1.807, 2.05) is 32.1 Å². The number of pyridine rings is 1. The van der Waals surface area contributed by atoms with Gasteiger partial charge in [0.2, 0.25) is 0 Å². The topological polar surface area (TPSA) is 46.4 Å². The van der Waals surface area contributed by atoms with Crippen LogP contribution >= 0.6 is 11.6 Å². The third-order valence-electron chi connectivity index (χ3n) is 3.60. The predicted octanol–water partition coefficient (Wildman–Crippen LogP) is 4.19. The van der Waals surface area contributed by atoms with Gasteiger partial charge in [0, 0.05) is 12.7 Å². The van der Waals surface area contributed by atoms with Crippen LogP contribution in [0, 0.1) is 0 Å². The van der Waals surface area contributed by atoms with Gasteiger partial charge in [-0.05, 0) is 37.5 Å². The summed E-state index contributed by atoms with van der Waals surface area (Å²) in [5, 5.41) is 3.54. The Morgan fingerprint density at radius 2 is 2.17 bits per heavy atom. The molecule has 0 aliphatic rings. The van der Waals surface area contributed by atoms with Gasteiger partial charge in [-0.3, -0.25) is 9.20 Å². The lowest BCUT2D eigenvalue weighted by Crippen LogP contribution is -2.27. The second-order valence-electron chi connectivity index (χ2n) is 5.19. The zero-order chi connectivity index (χ0) is 16.8. The average Bonchev–Trinajstić information content (AvgIpc) is 2.92. The molecule has 0 saturated heterocycles.